The molecule has 0 aromatic heterocycles. The van der Waals surface area contributed by atoms with Crippen LogP contribution in [-0.4, -0.2) is 8.07 Å². The van der Waals surface area contributed by atoms with Crippen LogP contribution in [0.15, 0.2) is 60.7 Å². The van der Waals surface area contributed by atoms with Gasteiger partial charge in [0.15, 0.2) is 0 Å². The number of hydrogen-bond acceptors (Lipinski definition) is 0. The third kappa shape index (κ3) is 1.75. The Hall–Kier alpha value is -8.88. The highest BCUT2D eigenvalue weighted by atomic mass is 28.3. The van der Waals surface area contributed by atoms with Gasteiger partial charge in [-0.15, -0.1) is 0 Å². The van der Waals surface area contributed by atoms with Crippen LogP contribution in [0.4, 0.5) is 0 Å². The quantitative estimate of drug-likeness (QED) is 0.122. The van der Waals surface area contributed by atoms with Crippen LogP contribution in [0.5, 0.6) is 0 Å². The van der Waals surface area contributed by atoms with Crippen LogP contribution in [0.3, 0.4) is 0 Å². The third-order valence-corrected chi connectivity index (χ3v) is 33.7. The molecule has 29 aromatic rings. The molecule has 0 saturated carbocycles. The Balaban J connectivity index is 1.13. The van der Waals surface area contributed by atoms with E-state index < -0.39 is 13.1 Å². The predicted molar refractivity (Wildman–Crippen MR) is 331 cm³/mol. The highest BCUT2D eigenvalue weighted by molar-refractivity contribution is 7.08. The normalized spacial score (nSPS) is 20.3. The van der Waals surface area contributed by atoms with Crippen molar-refractivity contribution >= 4 is 299 Å². The molecular formula is C76H20Si. The van der Waals surface area contributed by atoms with Crippen LogP contribution in [0.25, 0.3) is 280 Å². The molecule has 77 heavy (non-hydrogen) atoms. The Morgan fingerprint density at radius 2 is 0.429 bits per heavy atom. The van der Waals surface area contributed by atoms with Crippen molar-refractivity contribution in [3.05, 3.63) is 94.0 Å². The summed E-state index contributed by atoms with van der Waals surface area (Å²) in [7, 11) is -3.26. The number of benzene rings is 19. The summed E-state index contributed by atoms with van der Waals surface area (Å²) in [5.41, 5.74) is 10.7. The van der Waals surface area contributed by atoms with Gasteiger partial charge in [0.25, 0.3) is 0 Å². The van der Waals surface area contributed by atoms with Gasteiger partial charge in [-0.3, -0.25) is 0 Å². The maximum atomic E-state index is 2.74. The van der Waals surface area contributed by atoms with Gasteiger partial charge >= 0.3 is 0 Å². The molecule has 1 heteroatoms. The van der Waals surface area contributed by atoms with E-state index in [9.17, 15) is 0 Å². The van der Waals surface area contributed by atoms with E-state index in [4.69, 9.17) is 0 Å². The van der Waals surface area contributed by atoms with Gasteiger partial charge in [-0.25, -0.2) is 0 Å². The van der Waals surface area contributed by atoms with Crippen molar-refractivity contribution in [1.82, 2.24) is 0 Å². The number of hydrogen-bond donors (Lipinski definition) is 0. The Bertz CT molecular complexity index is 7810. The van der Waals surface area contributed by atoms with Gasteiger partial charge in [0.05, 0.1) is 5.04 Å². The molecule has 34 rings (SSSR count). The zero-order chi connectivity index (χ0) is 46.8. The van der Waals surface area contributed by atoms with Crippen LogP contribution in [0.2, 0.25) is 5.04 Å². The Morgan fingerprint density at radius 3 is 0.753 bits per heavy atom. The van der Waals surface area contributed by atoms with Gasteiger partial charge in [-0.05, 0) is 319 Å². The summed E-state index contributed by atoms with van der Waals surface area (Å²) in [4.78, 5) is 0. The fraction of sp³-hybridized carbons (Fsp3) is 0.0789. The second-order valence-electron chi connectivity index (χ2n) is 28.8. The summed E-state index contributed by atoms with van der Waals surface area (Å²) in [6.07, 6.45) is 0. The first-order valence-electron chi connectivity index (χ1n) is 28.9. The molecule has 29 aromatic carbocycles. The largest absolute Gasteiger partial charge is 0.142 e. The van der Waals surface area contributed by atoms with Gasteiger partial charge in [0.1, 0.15) is 8.07 Å². The van der Waals surface area contributed by atoms with E-state index in [0.29, 0.717) is 0 Å². The lowest BCUT2D eigenvalue weighted by molar-refractivity contribution is 0.673. The van der Waals surface area contributed by atoms with Crippen molar-refractivity contribution < 1.29 is 0 Å². The van der Waals surface area contributed by atoms with Crippen molar-refractivity contribution in [3.8, 4) is 0 Å². The first-order valence-corrected chi connectivity index (χ1v) is 30.9. The first-order chi connectivity index (χ1) is 38.1. The Morgan fingerprint density at radius 1 is 0.234 bits per heavy atom. The smallest absolute Gasteiger partial charge is 0.0625 e. The molecule has 0 radical (unpaired) electrons. The summed E-state index contributed by atoms with van der Waals surface area (Å²) < 4.78 is 0. The van der Waals surface area contributed by atoms with Crippen molar-refractivity contribution in [2.45, 2.75) is 36.8 Å². The SMILES string of the molecule is CC(C)(C)[Si](c1ccccc1)(c1ccccc1)C12c3c4c5c6c7c8c9c%10c(c1c1c%11c2c2c%12c3c5c3c5c6c6c7c7c9c9c%13c%10c1c1c%10c%11c%11c2c2c%12c3c3c5c5c6c6c7c9c7c(c%131)c1c%10c%11c9c2c3c2c9c1c7c6c52)C48. The van der Waals surface area contributed by atoms with Gasteiger partial charge in [0, 0.05) is 5.92 Å². The Kier molecular flexibility index (Phi) is 2.86. The minimum atomic E-state index is -3.26. The van der Waals surface area contributed by atoms with Crippen LogP contribution < -0.4 is 10.4 Å². The zero-order valence-electron chi connectivity index (χ0n) is 40.9. The molecule has 328 valence electrons. The second-order valence-corrected chi connectivity index (χ2v) is 33.7. The lowest BCUT2D eigenvalue weighted by atomic mass is 9.67. The molecule has 0 fully saturated rings. The molecule has 0 nitrogen and oxygen atoms in total. The van der Waals surface area contributed by atoms with Gasteiger partial charge < -0.3 is 0 Å². The van der Waals surface area contributed by atoms with Crippen molar-refractivity contribution in [1.29, 1.82) is 0 Å². The molecule has 0 saturated heterocycles. The molecule has 2 atom stereocenters. The molecular weight excluding hydrogens is 941 g/mol. The zero-order valence-corrected chi connectivity index (χ0v) is 41.9. The van der Waals surface area contributed by atoms with Crippen LogP contribution in [0.1, 0.15) is 60.1 Å². The second kappa shape index (κ2) is 7.18. The monoisotopic (exact) mass is 960 g/mol. The van der Waals surface area contributed by atoms with E-state index in [2.05, 4.69) is 81.4 Å². The lowest BCUT2D eigenvalue weighted by Gasteiger charge is -2.59. The molecule has 0 heterocycles. The van der Waals surface area contributed by atoms with E-state index in [-0.39, 0.29) is 11.0 Å². The molecule has 5 aliphatic rings. The molecule has 5 aliphatic carbocycles. The van der Waals surface area contributed by atoms with E-state index in [1.54, 1.807) is 324 Å². The van der Waals surface area contributed by atoms with Crippen LogP contribution in [0, 0.1) is 0 Å². The maximum absolute atomic E-state index is 3.26. The van der Waals surface area contributed by atoms with Crippen molar-refractivity contribution in [3.63, 3.8) is 0 Å². The molecule has 0 N–H and O–H groups in total. The average molecular weight is 961 g/mol. The van der Waals surface area contributed by atoms with Crippen LogP contribution >= 0.6 is 0 Å². The fourth-order valence-corrected chi connectivity index (χ4v) is 34.5. The summed E-state index contributed by atoms with van der Waals surface area (Å²) in [6.45, 7) is 8.21. The third-order valence-electron chi connectivity index (χ3n) is 27.2. The molecule has 0 bridgehead atoms. The van der Waals surface area contributed by atoms with E-state index in [0.717, 1.165) is 0 Å². The van der Waals surface area contributed by atoms with Gasteiger partial charge in [-0.2, -0.15) is 0 Å². The number of rotatable bonds is 3. The summed E-state index contributed by atoms with van der Waals surface area (Å²) in [5, 5.41) is 89.7. The van der Waals surface area contributed by atoms with Gasteiger partial charge in [0.2, 0.25) is 0 Å². The fourth-order valence-electron chi connectivity index (χ4n) is 27.1. The van der Waals surface area contributed by atoms with E-state index in [1.807, 2.05) is 0 Å². The standard InChI is InChI=1S/C76H20Si/c1-75(2,3)77(14-10-6-4-7-11-14,15-12-8-5-9-13-15)76-72-68-62-48-40-32-20-17-16-18-21(20)33-35-31-25(18)27-23-19(16)22-26-24(17)30-34(32)46(48)54-52-38(30)36(26)44-42-28(22)29(23)43-45-37(27)39(31)53-55-47(35)49(41(33)40)63(62)69(72)65(55)67-59(53)57(45)61-51(43)50(42)60-56(44)58(52)66(64(54)68)73(76)70(60)71(61)74(67)76/h4-13,64H,1-3H3. The predicted octanol–water partition coefficient (Wildman–Crippen LogP) is 19.4. The summed E-state index contributed by atoms with van der Waals surface area (Å²) >= 11 is 0. The lowest BCUT2D eigenvalue weighted by Crippen LogP contribution is -2.77. The van der Waals surface area contributed by atoms with Crippen molar-refractivity contribution in [2.24, 2.45) is 0 Å². The molecule has 2 unspecified atom stereocenters. The maximum Gasteiger partial charge on any atom is 0.142 e. The minimum absolute atomic E-state index is 0.125. The molecule has 0 spiro atoms. The van der Waals surface area contributed by atoms with Gasteiger partial charge in [-0.1, -0.05) is 91.8 Å². The van der Waals surface area contributed by atoms with Crippen LogP contribution in [-0.2, 0) is 5.04 Å². The molecule has 0 amide bonds. The highest BCUT2D eigenvalue weighted by Crippen LogP contribution is 2.84. The Labute approximate surface area is 426 Å². The first kappa shape index (κ1) is 30.6. The topological polar surface area (TPSA) is 0 Å². The minimum Gasteiger partial charge on any atom is -0.0625 e. The summed E-state index contributed by atoms with van der Waals surface area (Å²) in [5.74, 6) is 0.225. The molecule has 0 aliphatic heterocycles. The van der Waals surface area contributed by atoms with E-state index in [1.165, 1.54) is 0 Å². The summed E-state index contributed by atoms with van der Waals surface area (Å²) in [6, 6.07) is 25.0. The van der Waals surface area contributed by atoms with Crippen molar-refractivity contribution in [2.75, 3.05) is 0 Å². The average Bonchev–Trinajstić information content (AvgIpc) is 1.57. The highest BCUT2D eigenvalue weighted by Gasteiger charge is 2.73. The van der Waals surface area contributed by atoms with E-state index >= 15 is 0 Å².